The number of carbonyl (C=O) groups is 2. The van der Waals surface area contributed by atoms with Crippen molar-refractivity contribution in [2.45, 2.75) is 0 Å². The number of ether oxygens (including phenoxy) is 1. The van der Waals surface area contributed by atoms with E-state index in [-0.39, 0.29) is 11.5 Å². The number of carbonyl (C=O) groups excluding carboxylic acids is 1. The number of amides is 1. The lowest BCUT2D eigenvalue weighted by Gasteiger charge is -2.17. The Labute approximate surface area is 124 Å². The third-order valence-electron chi connectivity index (χ3n) is 3.92. The van der Waals surface area contributed by atoms with E-state index < -0.39 is 5.97 Å². The summed E-state index contributed by atoms with van der Waals surface area (Å²) in [5.41, 5.74) is 0.531. The fraction of sp³-hybridized carbons (Fsp3) is 0.429. The van der Waals surface area contributed by atoms with E-state index >= 15 is 0 Å². The molecule has 2 fully saturated rings. The van der Waals surface area contributed by atoms with Crippen LogP contribution in [-0.4, -0.2) is 48.2 Å². The van der Waals surface area contributed by atoms with Crippen LogP contribution in [0.4, 0.5) is 0 Å². The van der Waals surface area contributed by atoms with Gasteiger partial charge in [0.05, 0.1) is 18.8 Å². The molecule has 106 valence electrons. The molecular formula is C14H14BrNO4. The lowest BCUT2D eigenvalue weighted by Crippen LogP contribution is -2.30. The minimum atomic E-state index is -1.04. The van der Waals surface area contributed by atoms with Crippen LogP contribution < -0.4 is 0 Å². The zero-order valence-electron chi connectivity index (χ0n) is 10.7. The summed E-state index contributed by atoms with van der Waals surface area (Å²) < 4.78 is 5.99. The van der Waals surface area contributed by atoms with Crippen molar-refractivity contribution in [3.63, 3.8) is 0 Å². The molecule has 6 heteroatoms. The standard InChI is InChI=1S/C14H14BrNO4/c15-12-2-8(1-9(3-12)14(18)19)13(17)16-4-10-6-20-7-11(10)5-16/h1-3,10-11H,4-7H2,(H,18,19)/t10-,11+. The lowest BCUT2D eigenvalue weighted by atomic mass is 10.0. The second-order valence-corrected chi connectivity index (χ2v) is 6.22. The number of rotatable bonds is 2. The minimum Gasteiger partial charge on any atom is -0.478 e. The molecule has 0 spiro atoms. The number of carboxylic acid groups (broad SMARTS) is 1. The van der Waals surface area contributed by atoms with E-state index in [0.717, 1.165) is 0 Å². The average molecular weight is 340 g/mol. The third-order valence-corrected chi connectivity index (χ3v) is 4.38. The second-order valence-electron chi connectivity index (χ2n) is 5.30. The number of fused-ring (bicyclic) bond motifs is 1. The molecule has 0 bridgehead atoms. The van der Waals surface area contributed by atoms with Gasteiger partial charge in [-0.2, -0.15) is 0 Å². The SMILES string of the molecule is O=C(O)c1cc(Br)cc(C(=O)N2C[C@H]3COC[C@H]3C2)c1. The van der Waals surface area contributed by atoms with E-state index in [4.69, 9.17) is 9.84 Å². The maximum absolute atomic E-state index is 12.5. The van der Waals surface area contributed by atoms with Crippen molar-refractivity contribution in [3.8, 4) is 0 Å². The van der Waals surface area contributed by atoms with Crippen molar-refractivity contribution in [1.82, 2.24) is 4.90 Å². The van der Waals surface area contributed by atoms with Gasteiger partial charge in [-0.15, -0.1) is 0 Å². The highest BCUT2D eigenvalue weighted by molar-refractivity contribution is 9.10. The normalized spacial score (nSPS) is 24.8. The van der Waals surface area contributed by atoms with Crippen LogP contribution in [0.25, 0.3) is 0 Å². The Morgan fingerprint density at radius 1 is 1.15 bits per heavy atom. The van der Waals surface area contributed by atoms with Crippen LogP contribution in [0.1, 0.15) is 20.7 Å². The molecule has 3 rings (SSSR count). The summed E-state index contributed by atoms with van der Waals surface area (Å²) in [5, 5.41) is 9.05. The van der Waals surface area contributed by atoms with Gasteiger partial charge in [-0.3, -0.25) is 4.79 Å². The van der Waals surface area contributed by atoms with Crippen molar-refractivity contribution >= 4 is 27.8 Å². The number of halogens is 1. The highest BCUT2D eigenvalue weighted by Gasteiger charge is 2.39. The molecule has 2 saturated heterocycles. The highest BCUT2D eigenvalue weighted by atomic mass is 79.9. The number of carboxylic acids is 1. The summed E-state index contributed by atoms with van der Waals surface area (Å²) in [6.45, 7) is 2.82. The van der Waals surface area contributed by atoms with Crippen LogP contribution in [0.15, 0.2) is 22.7 Å². The van der Waals surface area contributed by atoms with E-state index in [1.807, 2.05) is 0 Å². The fourth-order valence-electron chi connectivity index (χ4n) is 2.87. The van der Waals surface area contributed by atoms with Crippen LogP contribution in [0.5, 0.6) is 0 Å². The minimum absolute atomic E-state index is 0.108. The molecular weight excluding hydrogens is 326 g/mol. The second kappa shape index (κ2) is 5.18. The van der Waals surface area contributed by atoms with Crippen LogP contribution in [-0.2, 0) is 4.74 Å². The first-order chi connectivity index (χ1) is 9.54. The van der Waals surface area contributed by atoms with E-state index in [1.54, 1.807) is 11.0 Å². The van der Waals surface area contributed by atoms with Gasteiger partial charge < -0.3 is 14.7 Å². The monoisotopic (exact) mass is 339 g/mol. The zero-order chi connectivity index (χ0) is 14.3. The Morgan fingerprint density at radius 2 is 1.75 bits per heavy atom. The van der Waals surface area contributed by atoms with Gasteiger partial charge in [0.1, 0.15) is 0 Å². The molecule has 20 heavy (non-hydrogen) atoms. The Bertz CT molecular complexity index is 562. The van der Waals surface area contributed by atoms with E-state index in [2.05, 4.69) is 15.9 Å². The first kappa shape index (κ1) is 13.6. The molecule has 1 amide bonds. The largest absolute Gasteiger partial charge is 0.478 e. The predicted octanol–water partition coefficient (Wildman–Crippen LogP) is 1.87. The first-order valence-corrected chi connectivity index (χ1v) is 7.25. The van der Waals surface area contributed by atoms with Crippen molar-refractivity contribution < 1.29 is 19.4 Å². The van der Waals surface area contributed by atoms with E-state index in [1.165, 1.54) is 12.1 Å². The van der Waals surface area contributed by atoms with Crippen molar-refractivity contribution in [2.24, 2.45) is 11.8 Å². The Balaban J connectivity index is 1.82. The van der Waals surface area contributed by atoms with Gasteiger partial charge in [-0.05, 0) is 18.2 Å². The molecule has 2 aliphatic rings. The Hall–Kier alpha value is -1.40. The summed E-state index contributed by atoms with van der Waals surface area (Å²) in [5.74, 6) is -0.301. The van der Waals surface area contributed by atoms with Crippen molar-refractivity contribution in [1.29, 1.82) is 0 Å². The fourth-order valence-corrected chi connectivity index (χ4v) is 3.37. The predicted molar refractivity (Wildman–Crippen MR) is 74.8 cm³/mol. The number of hydrogen-bond acceptors (Lipinski definition) is 3. The molecule has 5 nitrogen and oxygen atoms in total. The number of nitrogens with zero attached hydrogens (tertiary/aromatic N) is 1. The van der Waals surface area contributed by atoms with Crippen LogP contribution in [0.3, 0.4) is 0 Å². The molecule has 1 aromatic rings. The molecule has 2 heterocycles. The Kier molecular flexibility index (Phi) is 3.52. The third kappa shape index (κ3) is 2.45. The Morgan fingerprint density at radius 3 is 2.35 bits per heavy atom. The van der Waals surface area contributed by atoms with Gasteiger partial charge in [-0.1, -0.05) is 15.9 Å². The van der Waals surface area contributed by atoms with Crippen LogP contribution in [0.2, 0.25) is 0 Å². The van der Waals surface area contributed by atoms with Crippen molar-refractivity contribution in [2.75, 3.05) is 26.3 Å². The molecule has 0 radical (unpaired) electrons. The van der Waals surface area contributed by atoms with Gasteiger partial charge in [0.15, 0.2) is 0 Å². The van der Waals surface area contributed by atoms with Gasteiger partial charge in [0, 0.05) is 35.0 Å². The topological polar surface area (TPSA) is 66.8 Å². The quantitative estimate of drug-likeness (QED) is 0.893. The molecule has 0 unspecified atom stereocenters. The van der Waals surface area contributed by atoms with E-state index in [0.29, 0.717) is 48.2 Å². The molecule has 2 aliphatic heterocycles. The maximum Gasteiger partial charge on any atom is 0.335 e. The van der Waals surface area contributed by atoms with Crippen molar-refractivity contribution in [3.05, 3.63) is 33.8 Å². The van der Waals surface area contributed by atoms with E-state index in [9.17, 15) is 9.59 Å². The zero-order valence-corrected chi connectivity index (χ0v) is 12.3. The van der Waals surface area contributed by atoms with Gasteiger partial charge in [0.2, 0.25) is 0 Å². The lowest BCUT2D eigenvalue weighted by molar-refractivity contribution is 0.0697. The average Bonchev–Trinajstić information content (AvgIpc) is 2.97. The summed E-state index contributed by atoms with van der Waals surface area (Å²) in [6, 6.07) is 4.59. The van der Waals surface area contributed by atoms with Crippen LogP contribution >= 0.6 is 15.9 Å². The molecule has 2 atom stereocenters. The summed E-state index contributed by atoms with van der Waals surface area (Å²) in [6.07, 6.45) is 0. The number of aromatic carboxylic acids is 1. The van der Waals surface area contributed by atoms with Gasteiger partial charge in [-0.25, -0.2) is 4.79 Å². The van der Waals surface area contributed by atoms with Gasteiger partial charge in [0.25, 0.3) is 5.91 Å². The smallest absolute Gasteiger partial charge is 0.335 e. The summed E-state index contributed by atoms with van der Waals surface area (Å²) in [7, 11) is 0. The summed E-state index contributed by atoms with van der Waals surface area (Å²) >= 11 is 3.25. The molecule has 1 aromatic carbocycles. The van der Waals surface area contributed by atoms with Gasteiger partial charge >= 0.3 is 5.97 Å². The number of hydrogen-bond donors (Lipinski definition) is 1. The molecule has 0 saturated carbocycles. The number of likely N-dealkylation sites (tertiary alicyclic amines) is 1. The molecule has 0 aromatic heterocycles. The molecule has 1 N–H and O–H groups in total. The first-order valence-electron chi connectivity index (χ1n) is 6.45. The maximum atomic E-state index is 12.5. The molecule has 0 aliphatic carbocycles. The van der Waals surface area contributed by atoms with Crippen LogP contribution in [0, 0.1) is 11.8 Å². The summed E-state index contributed by atoms with van der Waals surface area (Å²) in [4.78, 5) is 25.3. The number of benzene rings is 1. The highest BCUT2D eigenvalue weighted by Crippen LogP contribution is 2.30.